The van der Waals surface area contributed by atoms with Crippen molar-refractivity contribution in [2.24, 2.45) is 5.14 Å². The molecule has 0 fully saturated rings. The first-order chi connectivity index (χ1) is 9.90. The number of anilines is 3. The molecule has 0 aliphatic rings. The van der Waals surface area contributed by atoms with E-state index in [-0.39, 0.29) is 4.90 Å². The summed E-state index contributed by atoms with van der Waals surface area (Å²) in [6.45, 7) is 2.13. The maximum atomic E-state index is 11.4. The zero-order valence-corrected chi connectivity index (χ0v) is 12.7. The Hall–Kier alpha value is -2.05. The van der Waals surface area contributed by atoms with Gasteiger partial charge in [0.2, 0.25) is 10.0 Å². The highest BCUT2D eigenvalue weighted by Crippen LogP contribution is 2.26. The van der Waals surface area contributed by atoms with Crippen molar-refractivity contribution in [3.05, 3.63) is 48.0 Å². The van der Waals surface area contributed by atoms with Crippen molar-refractivity contribution in [1.82, 2.24) is 0 Å². The Morgan fingerprint density at radius 3 is 2.33 bits per heavy atom. The summed E-state index contributed by atoms with van der Waals surface area (Å²) >= 11 is 0. The van der Waals surface area contributed by atoms with E-state index in [0.717, 1.165) is 18.5 Å². The zero-order chi connectivity index (χ0) is 15.5. The Kier molecular flexibility index (Phi) is 4.50. The van der Waals surface area contributed by atoms with Crippen molar-refractivity contribution in [2.45, 2.75) is 24.7 Å². The van der Waals surface area contributed by atoms with Crippen molar-refractivity contribution < 1.29 is 8.42 Å². The zero-order valence-electron chi connectivity index (χ0n) is 11.8. The average Bonchev–Trinajstić information content (AvgIpc) is 2.42. The first-order valence-corrected chi connectivity index (χ1v) is 8.23. The quantitative estimate of drug-likeness (QED) is 0.739. The maximum Gasteiger partial charge on any atom is 0.238 e. The van der Waals surface area contributed by atoms with Gasteiger partial charge in [-0.15, -0.1) is 0 Å². The molecule has 2 aromatic rings. The van der Waals surface area contributed by atoms with Crippen molar-refractivity contribution in [3.8, 4) is 0 Å². The SMILES string of the molecule is CCCc1ccc(Nc2cc(S(N)(=O)=O)ccc2N)cc1. The number of rotatable bonds is 5. The minimum absolute atomic E-state index is 0.0294. The summed E-state index contributed by atoms with van der Waals surface area (Å²) in [7, 11) is -3.74. The fourth-order valence-corrected chi connectivity index (χ4v) is 2.56. The van der Waals surface area contributed by atoms with Gasteiger partial charge in [-0.3, -0.25) is 0 Å². The molecule has 5 nitrogen and oxygen atoms in total. The van der Waals surface area contributed by atoms with Crippen LogP contribution in [0, 0.1) is 0 Å². The van der Waals surface area contributed by atoms with E-state index in [1.165, 1.54) is 23.8 Å². The van der Waals surface area contributed by atoms with Gasteiger partial charge in [-0.05, 0) is 42.3 Å². The third-order valence-corrected chi connectivity index (χ3v) is 4.04. The van der Waals surface area contributed by atoms with Gasteiger partial charge in [0.25, 0.3) is 0 Å². The number of nitrogen functional groups attached to an aromatic ring is 1. The number of benzene rings is 2. The van der Waals surface area contributed by atoms with Crippen molar-refractivity contribution in [2.75, 3.05) is 11.1 Å². The molecule has 0 radical (unpaired) electrons. The van der Waals surface area contributed by atoms with Gasteiger partial charge in [-0.2, -0.15) is 0 Å². The summed E-state index contributed by atoms with van der Waals surface area (Å²) in [5, 5.41) is 8.23. The molecule has 0 aromatic heterocycles. The number of primary sulfonamides is 1. The van der Waals surface area contributed by atoms with Crippen LogP contribution in [-0.4, -0.2) is 8.42 Å². The Morgan fingerprint density at radius 1 is 1.10 bits per heavy atom. The number of hydrogen-bond acceptors (Lipinski definition) is 4. The highest BCUT2D eigenvalue weighted by Gasteiger charge is 2.10. The number of sulfonamides is 1. The first-order valence-electron chi connectivity index (χ1n) is 6.68. The van der Waals surface area contributed by atoms with Crippen LogP contribution in [0.25, 0.3) is 0 Å². The molecule has 0 bridgehead atoms. The minimum Gasteiger partial charge on any atom is -0.397 e. The fraction of sp³-hybridized carbons (Fsp3) is 0.200. The Bertz CT molecular complexity index is 725. The van der Waals surface area contributed by atoms with Gasteiger partial charge in [0.05, 0.1) is 16.3 Å². The Labute approximate surface area is 125 Å². The van der Waals surface area contributed by atoms with E-state index in [1.807, 2.05) is 24.3 Å². The maximum absolute atomic E-state index is 11.4. The molecule has 0 saturated heterocycles. The van der Waals surface area contributed by atoms with Crippen LogP contribution in [0.3, 0.4) is 0 Å². The number of hydrogen-bond donors (Lipinski definition) is 3. The molecule has 0 unspecified atom stereocenters. The molecular weight excluding hydrogens is 286 g/mol. The summed E-state index contributed by atoms with van der Waals surface area (Å²) in [6.07, 6.45) is 2.12. The molecule has 6 heteroatoms. The molecule has 0 spiro atoms. The van der Waals surface area contributed by atoms with Crippen LogP contribution < -0.4 is 16.2 Å². The topological polar surface area (TPSA) is 98.2 Å². The lowest BCUT2D eigenvalue weighted by Crippen LogP contribution is -2.12. The third kappa shape index (κ3) is 3.96. The summed E-state index contributed by atoms with van der Waals surface area (Å²) in [5.41, 5.74) is 8.94. The van der Waals surface area contributed by atoms with Crippen LogP contribution in [0.1, 0.15) is 18.9 Å². The molecule has 0 saturated carbocycles. The first kappa shape index (κ1) is 15.3. The third-order valence-electron chi connectivity index (χ3n) is 3.12. The molecule has 0 heterocycles. The molecule has 0 amide bonds. The number of nitrogens with one attached hydrogen (secondary N) is 1. The van der Waals surface area contributed by atoms with Crippen LogP contribution in [0.15, 0.2) is 47.4 Å². The Balaban J connectivity index is 2.26. The van der Waals surface area contributed by atoms with E-state index in [0.29, 0.717) is 11.4 Å². The highest BCUT2D eigenvalue weighted by molar-refractivity contribution is 7.89. The number of aryl methyl sites for hydroxylation is 1. The molecule has 5 N–H and O–H groups in total. The normalized spacial score (nSPS) is 11.3. The monoisotopic (exact) mass is 305 g/mol. The van der Waals surface area contributed by atoms with E-state index < -0.39 is 10.0 Å². The van der Waals surface area contributed by atoms with Gasteiger partial charge in [-0.1, -0.05) is 25.5 Å². The van der Waals surface area contributed by atoms with E-state index in [4.69, 9.17) is 10.9 Å². The lowest BCUT2D eigenvalue weighted by molar-refractivity contribution is 0.598. The molecule has 0 atom stereocenters. The van der Waals surface area contributed by atoms with Gasteiger partial charge < -0.3 is 11.1 Å². The van der Waals surface area contributed by atoms with Gasteiger partial charge in [0, 0.05) is 5.69 Å². The van der Waals surface area contributed by atoms with Crippen LogP contribution >= 0.6 is 0 Å². The van der Waals surface area contributed by atoms with Crippen LogP contribution in [0.2, 0.25) is 0 Å². The summed E-state index contributed by atoms with van der Waals surface area (Å²) in [4.78, 5) is 0.0294. The molecule has 0 aliphatic heterocycles. The van der Waals surface area contributed by atoms with Crippen molar-refractivity contribution >= 4 is 27.1 Å². The van der Waals surface area contributed by atoms with Crippen LogP contribution in [0.4, 0.5) is 17.1 Å². The van der Waals surface area contributed by atoms with Gasteiger partial charge in [0.1, 0.15) is 0 Å². The lowest BCUT2D eigenvalue weighted by Gasteiger charge is -2.11. The highest BCUT2D eigenvalue weighted by atomic mass is 32.2. The van der Waals surface area contributed by atoms with E-state index in [9.17, 15) is 8.42 Å². The van der Waals surface area contributed by atoms with Crippen molar-refractivity contribution in [1.29, 1.82) is 0 Å². The van der Waals surface area contributed by atoms with Crippen molar-refractivity contribution in [3.63, 3.8) is 0 Å². The summed E-state index contributed by atoms with van der Waals surface area (Å²) < 4.78 is 22.7. The minimum atomic E-state index is -3.74. The second-order valence-corrected chi connectivity index (χ2v) is 6.43. The van der Waals surface area contributed by atoms with E-state index in [1.54, 1.807) is 0 Å². The molecule has 2 aromatic carbocycles. The second-order valence-electron chi connectivity index (χ2n) is 4.87. The summed E-state index contributed by atoms with van der Waals surface area (Å²) in [5.74, 6) is 0. The average molecular weight is 305 g/mol. The van der Waals surface area contributed by atoms with Gasteiger partial charge in [0.15, 0.2) is 0 Å². The smallest absolute Gasteiger partial charge is 0.238 e. The lowest BCUT2D eigenvalue weighted by atomic mass is 10.1. The van der Waals surface area contributed by atoms with E-state index in [2.05, 4.69) is 12.2 Å². The standard InChI is InChI=1S/C15H19N3O2S/c1-2-3-11-4-6-12(7-5-11)18-15-10-13(21(17,19)20)8-9-14(15)16/h4-10,18H,2-3,16H2,1H3,(H2,17,19,20). The van der Waals surface area contributed by atoms with E-state index >= 15 is 0 Å². The van der Waals surface area contributed by atoms with Crippen LogP contribution in [-0.2, 0) is 16.4 Å². The molecule has 0 aliphatic carbocycles. The largest absolute Gasteiger partial charge is 0.397 e. The van der Waals surface area contributed by atoms with Gasteiger partial charge >= 0.3 is 0 Å². The fourth-order valence-electron chi connectivity index (χ4n) is 2.02. The molecular formula is C15H19N3O2S. The van der Waals surface area contributed by atoms with Gasteiger partial charge in [-0.25, -0.2) is 13.6 Å². The summed E-state index contributed by atoms with van der Waals surface area (Å²) in [6, 6.07) is 12.3. The predicted molar refractivity (Wildman–Crippen MR) is 85.9 cm³/mol. The predicted octanol–water partition coefficient (Wildman–Crippen LogP) is 2.61. The Morgan fingerprint density at radius 2 is 1.76 bits per heavy atom. The number of nitrogens with two attached hydrogens (primary N) is 2. The van der Waals surface area contributed by atoms with Crippen LogP contribution in [0.5, 0.6) is 0 Å². The molecule has 21 heavy (non-hydrogen) atoms. The molecule has 112 valence electrons. The second kappa shape index (κ2) is 6.15. The molecule has 2 rings (SSSR count).